The number of aromatic nitrogens is 2. The second-order valence-corrected chi connectivity index (χ2v) is 3.66. The predicted molar refractivity (Wildman–Crippen MR) is 65.0 cm³/mol. The first-order chi connectivity index (χ1) is 8.11. The first-order valence-electron chi connectivity index (χ1n) is 5.12. The van der Waals surface area contributed by atoms with Gasteiger partial charge in [-0.25, -0.2) is 9.48 Å². The van der Waals surface area contributed by atoms with E-state index in [4.69, 9.17) is 7.85 Å². The van der Waals surface area contributed by atoms with Crippen LogP contribution in [0.15, 0.2) is 30.3 Å². The molecule has 17 heavy (non-hydrogen) atoms. The molecule has 0 unspecified atom stereocenters. The van der Waals surface area contributed by atoms with E-state index in [-0.39, 0.29) is 5.97 Å². The number of ether oxygens (including phenoxy) is 1. The van der Waals surface area contributed by atoms with E-state index < -0.39 is 0 Å². The predicted octanol–water partition coefficient (Wildman–Crippen LogP) is 0.761. The van der Waals surface area contributed by atoms with Crippen LogP contribution in [0.25, 0.3) is 5.69 Å². The Bertz CT molecular complexity index is 546. The molecule has 0 spiro atoms. The van der Waals surface area contributed by atoms with Crippen LogP contribution in [-0.4, -0.2) is 30.7 Å². The average molecular weight is 226 g/mol. The Morgan fingerprint density at radius 3 is 2.47 bits per heavy atom. The summed E-state index contributed by atoms with van der Waals surface area (Å²) in [5, 5.41) is 4.15. The van der Waals surface area contributed by atoms with E-state index in [0.717, 1.165) is 11.4 Å². The van der Waals surface area contributed by atoms with Gasteiger partial charge in [-0.3, -0.25) is 0 Å². The third kappa shape index (κ3) is 2.23. The lowest BCUT2D eigenvalue weighted by atomic mass is 10.1. The van der Waals surface area contributed by atoms with E-state index in [1.54, 1.807) is 35.0 Å². The van der Waals surface area contributed by atoms with Crippen LogP contribution in [0, 0.1) is 6.92 Å². The van der Waals surface area contributed by atoms with Crippen LogP contribution >= 0.6 is 0 Å². The third-order valence-corrected chi connectivity index (χ3v) is 2.44. The topological polar surface area (TPSA) is 44.1 Å². The molecule has 0 aliphatic heterocycles. The van der Waals surface area contributed by atoms with E-state index in [2.05, 4.69) is 9.84 Å². The lowest BCUT2D eigenvalue weighted by Gasteiger charge is -2.05. The minimum Gasteiger partial charge on any atom is -0.465 e. The molecule has 2 aromatic rings. The zero-order valence-corrected chi connectivity index (χ0v) is 9.68. The minimum absolute atomic E-state index is 0.353. The van der Waals surface area contributed by atoms with E-state index >= 15 is 0 Å². The largest absolute Gasteiger partial charge is 0.465 e. The summed E-state index contributed by atoms with van der Waals surface area (Å²) in [7, 11) is 6.97. The molecular formula is C12H11BN2O2. The standard InChI is InChI=1S/C12H11BN2O2/c1-8-7-11(13)14-15(8)10-5-3-9(4-6-10)12(16)17-2/h3-7H,1-2H3. The van der Waals surface area contributed by atoms with E-state index in [9.17, 15) is 4.79 Å². The smallest absolute Gasteiger partial charge is 0.337 e. The van der Waals surface area contributed by atoms with E-state index in [0.29, 0.717) is 11.2 Å². The highest BCUT2D eigenvalue weighted by molar-refractivity contribution is 6.30. The third-order valence-electron chi connectivity index (χ3n) is 2.44. The summed E-state index contributed by atoms with van der Waals surface area (Å²) >= 11 is 0. The summed E-state index contributed by atoms with van der Waals surface area (Å²) in [6.45, 7) is 1.91. The number of hydrogen-bond acceptors (Lipinski definition) is 3. The molecule has 1 aromatic carbocycles. The fourth-order valence-electron chi connectivity index (χ4n) is 1.62. The Morgan fingerprint density at radius 1 is 1.35 bits per heavy atom. The number of carbonyl (C=O) groups excluding carboxylic acids is 1. The Labute approximate surface area is 101 Å². The van der Waals surface area contributed by atoms with Gasteiger partial charge in [-0.05, 0) is 37.3 Å². The van der Waals surface area contributed by atoms with Gasteiger partial charge in [0.25, 0.3) is 0 Å². The van der Waals surface area contributed by atoms with Crippen molar-refractivity contribution in [2.45, 2.75) is 6.92 Å². The number of nitrogens with zero attached hydrogens (tertiary/aromatic N) is 2. The van der Waals surface area contributed by atoms with Gasteiger partial charge in [0, 0.05) is 11.3 Å². The Kier molecular flexibility index (Phi) is 3.00. The molecule has 4 nitrogen and oxygen atoms in total. The van der Waals surface area contributed by atoms with Crippen molar-refractivity contribution < 1.29 is 9.53 Å². The maximum atomic E-state index is 11.3. The van der Waals surface area contributed by atoms with Gasteiger partial charge >= 0.3 is 5.97 Å². The van der Waals surface area contributed by atoms with Crippen molar-refractivity contribution in [2.75, 3.05) is 7.11 Å². The Hall–Kier alpha value is -2.04. The molecular weight excluding hydrogens is 215 g/mol. The monoisotopic (exact) mass is 226 g/mol. The van der Waals surface area contributed by atoms with Crippen LogP contribution in [0.3, 0.4) is 0 Å². The van der Waals surface area contributed by atoms with Crippen LogP contribution in [0.1, 0.15) is 16.1 Å². The fourth-order valence-corrected chi connectivity index (χ4v) is 1.62. The molecule has 0 atom stereocenters. The maximum Gasteiger partial charge on any atom is 0.337 e. The van der Waals surface area contributed by atoms with Gasteiger partial charge in [-0.1, -0.05) is 0 Å². The number of aryl methyl sites for hydroxylation is 1. The zero-order chi connectivity index (χ0) is 12.4. The Morgan fingerprint density at radius 2 is 2.00 bits per heavy atom. The fraction of sp³-hybridized carbons (Fsp3) is 0.167. The summed E-state index contributed by atoms with van der Waals surface area (Å²) in [4.78, 5) is 11.3. The summed E-state index contributed by atoms with van der Waals surface area (Å²) in [5.74, 6) is -0.353. The first kappa shape index (κ1) is 11.5. The zero-order valence-electron chi connectivity index (χ0n) is 9.68. The lowest BCUT2D eigenvalue weighted by Crippen LogP contribution is -2.07. The van der Waals surface area contributed by atoms with Crippen LogP contribution in [0.4, 0.5) is 0 Å². The van der Waals surface area contributed by atoms with Crippen molar-refractivity contribution in [3.05, 3.63) is 41.6 Å². The van der Waals surface area contributed by atoms with Gasteiger partial charge < -0.3 is 4.74 Å². The molecule has 0 amide bonds. The van der Waals surface area contributed by atoms with Crippen molar-refractivity contribution in [2.24, 2.45) is 0 Å². The molecule has 2 rings (SSSR count). The number of esters is 1. The molecule has 0 fully saturated rings. The minimum atomic E-state index is -0.353. The van der Waals surface area contributed by atoms with Crippen molar-refractivity contribution in [1.82, 2.24) is 9.78 Å². The molecule has 2 radical (unpaired) electrons. The van der Waals surface area contributed by atoms with Gasteiger partial charge in [0.15, 0.2) is 0 Å². The SMILES string of the molecule is [B]c1cc(C)n(-c2ccc(C(=O)OC)cc2)n1. The van der Waals surface area contributed by atoms with Gasteiger partial charge in [0.2, 0.25) is 0 Å². The quantitative estimate of drug-likeness (QED) is 0.560. The second-order valence-electron chi connectivity index (χ2n) is 3.66. The molecule has 0 saturated carbocycles. The maximum absolute atomic E-state index is 11.3. The molecule has 5 heteroatoms. The molecule has 0 aliphatic carbocycles. The molecule has 1 heterocycles. The van der Waals surface area contributed by atoms with Crippen LogP contribution < -0.4 is 5.59 Å². The van der Waals surface area contributed by atoms with Gasteiger partial charge in [-0.15, -0.1) is 0 Å². The van der Waals surface area contributed by atoms with Crippen LogP contribution in [0.5, 0.6) is 0 Å². The number of benzene rings is 1. The summed E-state index contributed by atoms with van der Waals surface area (Å²) < 4.78 is 6.35. The summed E-state index contributed by atoms with van der Waals surface area (Å²) in [6, 6.07) is 8.77. The highest BCUT2D eigenvalue weighted by Crippen LogP contribution is 2.11. The molecule has 0 bridgehead atoms. The van der Waals surface area contributed by atoms with Gasteiger partial charge in [-0.2, -0.15) is 5.10 Å². The van der Waals surface area contributed by atoms with Gasteiger partial charge in [0.1, 0.15) is 7.85 Å². The van der Waals surface area contributed by atoms with Crippen molar-refractivity contribution in [3.63, 3.8) is 0 Å². The van der Waals surface area contributed by atoms with Gasteiger partial charge in [0.05, 0.1) is 18.4 Å². The average Bonchev–Trinajstić information content (AvgIpc) is 2.68. The first-order valence-corrected chi connectivity index (χ1v) is 5.12. The van der Waals surface area contributed by atoms with Crippen LogP contribution in [0.2, 0.25) is 0 Å². The number of carbonyl (C=O) groups is 1. The highest BCUT2D eigenvalue weighted by Gasteiger charge is 2.07. The molecule has 0 N–H and O–H groups in total. The number of hydrogen-bond donors (Lipinski definition) is 0. The highest BCUT2D eigenvalue weighted by atomic mass is 16.5. The molecule has 0 aliphatic rings. The number of rotatable bonds is 2. The number of methoxy groups -OCH3 is 1. The summed E-state index contributed by atoms with van der Waals surface area (Å²) in [6.07, 6.45) is 0. The molecule has 1 aromatic heterocycles. The van der Waals surface area contributed by atoms with Crippen LogP contribution in [-0.2, 0) is 4.74 Å². The van der Waals surface area contributed by atoms with Crippen molar-refractivity contribution >= 4 is 19.4 Å². The van der Waals surface area contributed by atoms with E-state index in [1.165, 1.54) is 7.11 Å². The lowest BCUT2D eigenvalue weighted by molar-refractivity contribution is 0.0601. The molecule has 84 valence electrons. The Balaban J connectivity index is 2.35. The van der Waals surface area contributed by atoms with E-state index in [1.807, 2.05) is 6.92 Å². The normalized spacial score (nSPS) is 10.2. The van der Waals surface area contributed by atoms with Crippen molar-refractivity contribution in [1.29, 1.82) is 0 Å². The second kappa shape index (κ2) is 4.45. The summed E-state index contributed by atoms with van der Waals surface area (Å²) in [5.41, 5.74) is 2.77. The molecule has 0 saturated heterocycles. The van der Waals surface area contributed by atoms with Crippen molar-refractivity contribution in [3.8, 4) is 5.69 Å².